The highest BCUT2D eigenvalue weighted by molar-refractivity contribution is 9.10. The zero-order valence-corrected chi connectivity index (χ0v) is 9.65. The number of carboxylic acids is 1. The van der Waals surface area contributed by atoms with Gasteiger partial charge in [-0.2, -0.15) is 0 Å². The molecule has 0 saturated carbocycles. The van der Waals surface area contributed by atoms with Crippen LogP contribution in [0.1, 0.15) is 23.1 Å². The predicted molar refractivity (Wildman–Crippen MR) is 59.2 cm³/mol. The summed E-state index contributed by atoms with van der Waals surface area (Å²) in [5, 5.41) is 9.08. The third-order valence-corrected chi connectivity index (χ3v) is 2.69. The lowest BCUT2D eigenvalue weighted by molar-refractivity contribution is 0.0688. The Labute approximate surface area is 94.7 Å². The summed E-state index contributed by atoms with van der Waals surface area (Å²) in [5.41, 5.74) is 1.51. The summed E-state index contributed by atoms with van der Waals surface area (Å²) < 4.78 is 2.48. The topological polar surface area (TPSA) is 54.6 Å². The molecule has 5 heteroatoms. The van der Waals surface area contributed by atoms with Crippen molar-refractivity contribution in [1.29, 1.82) is 0 Å². The number of fused-ring (bicyclic) bond motifs is 1. The fourth-order valence-electron chi connectivity index (χ4n) is 1.54. The summed E-state index contributed by atoms with van der Waals surface area (Å²) >= 11 is 3.32. The van der Waals surface area contributed by atoms with Gasteiger partial charge in [0.05, 0.1) is 5.69 Å². The van der Waals surface area contributed by atoms with E-state index in [0.717, 1.165) is 4.47 Å². The summed E-state index contributed by atoms with van der Waals surface area (Å²) in [7, 11) is 0. The van der Waals surface area contributed by atoms with Crippen LogP contribution >= 0.6 is 15.9 Å². The molecule has 2 rings (SSSR count). The molecule has 0 unspecified atom stereocenters. The molecule has 0 aliphatic rings. The molecule has 0 aliphatic carbocycles. The van der Waals surface area contributed by atoms with Gasteiger partial charge in [-0.25, -0.2) is 9.78 Å². The zero-order chi connectivity index (χ0) is 11.0. The minimum Gasteiger partial charge on any atom is -0.477 e. The Kier molecular flexibility index (Phi) is 2.48. The zero-order valence-electron chi connectivity index (χ0n) is 8.07. The molecule has 15 heavy (non-hydrogen) atoms. The second kappa shape index (κ2) is 3.66. The number of pyridine rings is 1. The highest BCUT2D eigenvalue weighted by atomic mass is 79.9. The minimum atomic E-state index is -0.943. The van der Waals surface area contributed by atoms with Crippen molar-refractivity contribution in [2.75, 3.05) is 0 Å². The van der Waals surface area contributed by atoms with Crippen molar-refractivity contribution < 1.29 is 9.90 Å². The maximum atomic E-state index is 11.1. The van der Waals surface area contributed by atoms with Gasteiger partial charge in [-0.05, 0) is 18.6 Å². The van der Waals surface area contributed by atoms with Gasteiger partial charge in [0.2, 0.25) is 0 Å². The maximum Gasteiger partial charge on any atom is 0.354 e. The number of hydrogen-bond donors (Lipinski definition) is 1. The second-order valence-electron chi connectivity index (χ2n) is 3.14. The molecule has 0 radical (unpaired) electrons. The van der Waals surface area contributed by atoms with Crippen molar-refractivity contribution in [2.45, 2.75) is 13.3 Å². The highest BCUT2D eigenvalue weighted by Gasteiger charge is 2.16. The lowest BCUT2D eigenvalue weighted by Crippen LogP contribution is -2.04. The summed E-state index contributed by atoms with van der Waals surface area (Å²) in [6.45, 7) is 1.89. The Morgan fingerprint density at radius 3 is 3.00 bits per heavy atom. The molecule has 2 aromatic heterocycles. The first-order chi connectivity index (χ1) is 7.13. The molecule has 2 aromatic rings. The number of halogens is 1. The van der Waals surface area contributed by atoms with Gasteiger partial charge in [0.25, 0.3) is 0 Å². The number of carboxylic acid groups (broad SMARTS) is 1. The summed E-state index contributed by atoms with van der Waals surface area (Å²) in [5.74, 6) is -0.943. The molecule has 0 saturated heterocycles. The van der Waals surface area contributed by atoms with Crippen LogP contribution in [0.15, 0.2) is 22.8 Å². The van der Waals surface area contributed by atoms with Gasteiger partial charge in [0, 0.05) is 10.7 Å². The number of imidazole rings is 1. The van der Waals surface area contributed by atoms with Gasteiger partial charge >= 0.3 is 5.97 Å². The van der Waals surface area contributed by atoms with Gasteiger partial charge < -0.3 is 5.11 Å². The molecule has 0 aromatic carbocycles. The second-order valence-corrected chi connectivity index (χ2v) is 4.05. The number of aryl methyl sites for hydroxylation is 1. The molecule has 0 fully saturated rings. The number of carbonyl (C=O) groups is 1. The van der Waals surface area contributed by atoms with Crippen LogP contribution < -0.4 is 0 Å². The quantitative estimate of drug-likeness (QED) is 0.910. The van der Waals surface area contributed by atoms with E-state index in [9.17, 15) is 4.79 Å². The third-order valence-electron chi connectivity index (χ3n) is 2.20. The lowest BCUT2D eigenvalue weighted by atomic mass is 10.2. The molecule has 0 atom stereocenters. The fraction of sp³-hybridized carbons (Fsp3) is 0.200. The molecule has 1 N–H and O–H groups in total. The molecule has 4 nitrogen and oxygen atoms in total. The summed E-state index contributed by atoms with van der Waals surface area (Å²) in [6.07, 6.45) is 2.32. The van der Waals surface area contributed by atoms with Crippen molar-refractivity contribution in [1.82, 2.24) is 9.38 Å². The number of nitrogens with zero attached hydrogens (tertiary/aromatic N) is 2. The minimum absolute atomic E-state index is 0.250. The normalized spacial score (nSPS) is 10.8. The van der Waals surface area contributed by atoms with Crippen molar-refractivity contribution in [3.05, 3.63) is 34.2 Å². The van der Waals surface area contributed by atoms with E-state index >= 15 is 0 Å². The Morgan fingerprint density at radius 1 is 1.67 bits per heavy atom. The summed E-state index contributed by atoms with van der Waals surface area (Å²) in [4.78, 5) is 15.3. The van der Waals surface area contributed by atoms with Crippen molar-refractivity contribution >= 4 is 27.5 Å². The molecule has 0 bridgehead atoms. The number of rotatable bonds is 2. The number of aromatic carboxylic acids is 1. The Bertz CT molecular complexity index is 533. The van der Waals surface area contributed by atoms with Crippen LogP contribution in [0.3, 0.4) is 0 Å². The molecular weight excluding hydrogens is 260 g/mol. The van der Waals surface area contributed by atoms with E-state index in [1.54, 1.807) is 22.7 Å². The van der Waals surface area contributed by atoms with Crippen molar-refractivity contribution in [3.63, 3.8) is 0 Å². The maximum absolute atomic E-state index is 11.1. The number of hydrogen-bond acceptors (Lipinski definition) is 2. The van der Waals surface area contributed by atoms with E-state index in [1.807, 2.05) is 6.92 Å². The third kappa shape index (κ3) is 1.63. The lowest BCUT2D eigenvalue weighted by Gasteiger charge is -1.97. The van der Waals surface area contributed by atoms with Crippen LogP contribution in [0.25, 0.3) is 5.65 Å². The Morgan fingerprint density at radius 2 is 2.40 bits per heavy atom. The first-order valence-corrected chi connectivity index (χ1v) is 5.32. The van der Waals surface area contributed by atoms with E-state index in [0.29, 0.717) is 17.8 Å². The molecule has 78 valence electrons. The Balaban J connectivity index is 2.80. The van der Waals surface area contributed by atoms with Crippen LogP contribution in [0.4, 0.5) is 0 Å². The first kappa shape index (κ1) is 10.2. The van der Waals surface area contributed by atoms with Gasteiger partial charge in [-0.1, -0.05) is 22.9 Å². The number of aromatic nitrogens is 2. The van der Waals surface area contributed by atoms with E-state index in [-0.39, 0.29) is 5.69 Å². The van der Waals surface area contributed by atoms with Gasteiger partial charge in [-0.3, -0.25) is 4.40 Å². The van der Waals surface area contributed by atoms with E-state index in [1.165, 1.54) is 0 Å². The molecule has 0 aliphatic heterocycles. The average Bonchev–Trinajstić information content (AvgIpc) is 2.54. The first-order valence-electron chi connectivity index (χ1n) is 4.53. The SMILES string of the molecule is CCc1nc2cc(Br)ccn2c1C(=O)O. The summed E-state index contributed by atoms with van der Waals surface area (Å²) in [6, 6.07) is 3.59. The van der Waals surface area contributed by atoms with E-state index in [4.69, 9.17) is 5.11 Å². The van der Waals surface area contributed by atoms with Crippen LogP contribution in [-0.4, -0.2) is 20.5 Å². The fourth-order valence-corrected chi connectivity index (χ4v) is 1.86. The largest absolute Gasteiger partial charge is 0.477 e. The molecule has 0 amide bonds. The van der Waals surface area contributed by atoms with Gasteiger partial charge in [0.15, 0.2) is 5.69 Å². The van der Waals surface area contributed by atoms with Crippen LogP contribution in [0.2, 0.25) is 0 Å². The highest BCUT2D eigenvalue weighted by Crippen LogP contribution is 2.17. The van der Waals surface area contributed by atoms with Crippen LogP contribution in [0.5, 0.6) is 0 Å². The predicted octanol–water partition coefficient (Wildman–Crippen LogP) is 2.36. The van der Waals surface area contributed by atoms with Crippen LogP contribution in [0, 0.1) is 0 Å². The van der Waals surface area contributed by atoms with Crippen LogP contribution in [-0.2, 0) is 6.42 Å². The van der Waals surface area contributed by atoms with Gasteiger partial charge in [-0.15, -0.1) is 0 Å². The standard InChI is InChI=1S/C10H9BrN2O2/c1-2-7-9(10(14)15)13-4-3-6(11)5-8(13)12-7/h3-5H,2H2,1H3,(H,14,15). The molecule has 2 heterocycles. The van der Waals surface area contributed by atoms with Crippen molar-refractivity contribution in [3.8, 4) is 0 Å². The van der Waals surface area contributed by atoms with Gasteiger partial charge in [0.1, 0.15) is 5.65 Å². The van der Waals surface area contributed by atoms with Crippen molar-refractivity contribution in [2.24, 2.45) is 0 Å². The molecule has 0 spiro atoms. The average molecular weight is 269 g/mol. The van der Waals surface area contributed by atoms with E-state index in [2.05, 4.69) is 20.9 Å². The monoisotopic (exact) mass is 268 g/mol. The molecular formula is C10H9BrN2O2. The smallest absolute Gasteiger partial charge is 0.354 e. The Hall–Kier alpha value is -1.36. The van der Waals surface area contributed by atoms with E-state index < -0.39 is 5.97 Å².